The molecule has 0 aromatic heterocycles. The summed E-state index contributed by atoms with van der Waals surface area (Å²) in [6.45, 7) is 7.91. The molecule has 160 valence electrons. The quantitative estimate of drug-likeness (QED) is 0.797. The van der Waals surface area contributed by atoms with Gasteiger partial charge in [0.15, 0.2) is 0 Å². The van der Waals surface area contributed by atoms with Crippen LogP contribution in [0, 0.1) is 5.92 Å². The van der Waals surface area contributed by atoms with Crippen molar-refractivity contribution in [2.75, 3.05) is 45.9 Å². The molecule has 0 bridgehead atoms. The summed E-state index contributed by atoms with van der Waals surface area (Å²) in [5, 5.41) is 9.93. The van der Waals surface area contributed by atoms with Crippen LogP contribution in [0.1, 0.15) is 30.9 Å². The third-order valence-corrected chi connectivity index (χ3v) is 6.66. The number of carbonyl (C=O) groups excluding carboxylic acids is 1. The van der Waals surface area contributed by atoms with Crippen LogP contribution in [0.4, 0.5) is 0 Å². The maximum Gasteiger partial charge on any atom is 0.238 e. The minimum atomic E-state index is -0.794. The van der Waals surface area contributed by atoms with Crippen molar-refractivity contribution >= 4 is 5.91 Å². The Morgan fingerprint density at radius 1 is 0.967 bits per heavy atom. The van der Waals surface area contributed by atoms with E-state index in [9.17, 15) is 9.90 Å². The lowest BCUT2D eigenvalue weighted by Gasteiger charge is -2.43. The Labute approximate surface area is 179 Å². The zero-order valence-corrected chi connectivity index (χ0v) is 17.8. The molecule has 30 heavy (non-hydrogen) atoms. The van der Waals surface area contributed by atoms with Gasteiger partial charge in [0.1, 0.15) is 11.2 Å². The van der Waals surface area contributed by atoms with Crippen molar-refractivity contribution in [3.05, 3.63) is 65.7 Å². The number of rotatable bonds is 6. The van der Waals surface area contributed by atoms with E-state index in [1.807, 2.05) is 35.2 Å². The Hall–Kier alpha value is -2.37. The van der Waals surface area contributed by atoms with Crippen LogP contribution in [-0.2, 0) is 14.9 Å². The second-order valence-electron chi connectivity index (χ2n) is 8.53. The van der Waals surface area contributed by atoms with Crippen molar-refractivity contribution in [2.45, 2.75) is 25.2 Å². The van der Waals surface area contributed by atoms with Crippen molar-refractivity contribution < 1.29 is 14.6 Å². The first kappa shape index (κ1) is 20.9. The normalized spacial score (nSPS) is 20.6. The molecular formula is C25H32N2O3. The maximum absolute atomic E-state index is 14.3. The number of hydrogen-bond acceptors (Lipinski definition) is 4. The van der Waals surface area contributed by atoms with Gasteiger partial charge in [-0.1, -0.05) is 49.4 Å². The summed E-state index contributed by atoms with van der Waals surface area (Å²) in [7, 11) is 0. The van der Waals surface area contributed by atoms with Gasteiger partial charge < -0.3 is 14.7 Å². The van der Waals surface area contributed by atoms with Crippen LogP contribution in [0.25, 0.3) is 0 Å². The van der Waals surface area contributed by atoms with Crippen molar-refractivity contribution in [3.8, 4) is 5.75 Å². The monoisotopic (exact) mass is 408 g/mol. The van der Waals surface area contributed by atoms with Gasteiger partial charge in [0.2, 0.25) is 5.91 Å². The molecule has 1 amide bonds. The minimum absolute atomic E-state index is 0.0515. The lowest BCUT2D eigenvalue weighted by Crippen LogP contribution is -2.54. The fraction of sp³-hybridized carbons (Fsp3) is 0.480. The van der Waals surface area contributed by atoms with Gasteiger partial charge in [0.05, 0.1) is 13.2 Å². The number of ether oxygens (including phenoxy) is 1. The highest BCUT2D eigenvalue weighted by molar-refractivity contribution is 5.93. The zero-order valence-electron chi connectivity index (χ0n) is 17.8. The molecular weight excluding hydrogens is 376 g/mol. The number of likely N-dealkylation sites (tertiary alicyclic amines) is 1. The minimum Gasteiger partial charge on any atom is -0.508 e. The maximum atomic E-state index is 14.3. The molecule has 0 saturated carbocycles. The molecule has 1 N–H and O–H groups in total. The van der Waals surface area contributed by atoms with Crippen LogP contribution in [-0.4, -0.2) is 66.8 Å². The first-order chi connectivity index (χ1) is 14.6. The summed E-state index contributed by atoms with van der Waals surface area (Å²) in [4.78, 5) is 18.7. The number of nitrogens with zero attached hydrogens (tertiary/aromatic N) is 2. The average Bonchev–Trinajstić information content (AvgIpc) is 3.32. The topological polar surface area (TPSA) is 53.0 Å². The number of phenols is 1. The summed E-state index contributed by atoms with van der Waals surface area (Å²) in [5.41, 5.74) is 1.18. The Bertz CT molecular complexity index is 827. The predicted octanol–water partition coefficient (Wildman–Crippen LogP) is 3.27. The number of carbonyl (C=O) groups is 1. The van der Waals surface area contributed by atoms with E-state index in [2.05, 4.69) is 24.0 Å². The lowest BCUT2D eigenvalue weighted by atomic mass is 9.65. The molecule has 0 spiro atoms. The zero-order chi connectivity index (χ0) is 21.0. The van der Waals surface area contributed by atoms with E-state index in [0.29, 0.717) is 0 Å². The standard InChI is InChI=1S/C25H32N2O3/c1-20(19-26-15-17-30-18-16-26)25(21-7-3-2-4-8-21,22-9-11-23(28)12-10-22)24(29)27-13-5-6-14-27/h2-4,7-12,20,28H,5-6,13-19H2,1H3. The second-order valence-corrected chi connectivity index (χ2v) is 8.53. The lowest BCUT2D eigenvalue weighted by molar-refractivity contribution is -0.137. The third-order valence-electron chi connectivity index (χ3n) is 6.66. The van der Waals surface area contributed by atoms with E-state index in [-0.39, 0.29) is 17.6 Å². The van der Waals surface area contributed by atoms with Crippen LogP contribution >= 0.6 is 0 Å². The predicted molar refractivity (Wildman–Crippen MR) is 118 cm³/mol. The third kappa shape index (κ3) is 3.96. The molecule has 2 unspecified atom stereocenters. The van der Waals surface area contributed by atoms with E-state index < -0.39 is 5.41 Å². The highest BCUT2D eigenvalue weighted by Gasteiger charge is 2.49. The van der Waals surface area contributed by atoms with Gasteiger partial charge in [-0.15, -0.1) is 0 Å². The van der Waals surface area contributed by atoms with Crippen molar-refractivity contribution in [1.82, 2.24) is 9.80 Å². The molecule has 2 heterocycles. The summed E-state index contributed by atoms with van der Waals surface area (Å²) in [6, 6.07) is 17.4. The fourth-order valence-electron chi connectivity index (χ4n) is 5.10. The summed E-state index contributed by atoms with van der Waals surface area (Å²) < 4.78 is 5.53. The molecule has 5 nitrogen and oxygen atoms in total. The highest BCUT2D eigenvalue weighted by atomic mass is 16.5. The molecule has 2 saturated heterocycles. The number of aromatic hydroxyl groups is 1. The first-order valence-corrected chi connectivity index (χ1v) is 11.1. The van der Waals surface area contributed by atoms with E-state index >= 15 is 0 Å². The molecule has 2 aromatic rings. The van der Waals surface area contributed by atoms with Gasteiger partial charge in [-0.3, -0.25) is 9.69 Å². The number of morpholine rings is 1. The molecule has 2 atom stereocenters. The van der Waals surface area contributed by atoms with Crippen LogP contribution < -0.4 is 0 Å². The molecule has 0 radical (unpaired) electrons. The Kier molecular flexibility index (Phi) is 6.40. The van der Waals surface area contributed by atoms with Gasteiger partial charge in [-0.25, -0.2) is 0 Å². The Balaban J connectivity index is 1.83. The first-order valence-electron chi connectivity index (χ1n) is 11.1. The number of amides is 1. The van der Waals surface area contributed by atoms with E-state index in [1.54, 1.807) is 12.1 Å². The smallest absolute Gasteiger partial charge is 0.238 e. The molecule has 0 aliphatic carbocycles. The molecule has 2 aliphatic heterocycles. The van der Waals surface area contributed by atoms with E-state index in [1.165, 1.54) is 0 Å². The highest BCUT2D eigenvalue weighted by Crippen LogP contribution is 2.43. The summed E-state index contributed by atoms with van der Waals surface area (Å²) in [5.74, 6) is 0.448. The second kappa shape index (κ2) is 9.19. The Morgan fingerprint density at radius 2 is 1.57 bits per heavy atom. The van der Waals surface area contributed by atoms with Crippen molar-refractivity contribution in [2.24, 2.45) is 5.92 Å². The van der Waals surface area contributed by atoms with E-state index in [0.717, 1.165) is 69.9 Å². The Morgan fingerprint density at radius 3 is 2.20 bits per heavy atom. The van der Waals surface area contributed by atoms with Crippen LogP contribution in [0.3, 0.4) is 0 Å². The molecule has 2 fully saturated rings. The average molecular weight is 409 g/mol. The van der Waals surface area contributed by atoms with Gasteiger partial charge in [-0.2, -0.15) is 0 Å². The largest absolute Gasteiger partial charge is 0.508 e. The number of hydrogen-bond donors (Lipinski definition) is 1. The number of phenolic OH excluding ortho intramolecular Hbond substituents is 1. The molecule has 2 aliphatic rings. The van der Waals surface area contributed by atoms with Crippen LogP contribution in [0.15, 0.2) is 54.6 Å². The van der Waals surface area contributed by atoms with Gasteiger partial charge in [0, 0.05) is 32.7 Å². The summed E-state index contributed by atoms with van der Waals surface area (Å²) >= 11 is 0. The molecule has 5 heteroatoms. The fourth-order valence-corrected chi connectivity index (χ4v) is 5.10. The SMILES string of the molecule is CC(CN1CCOCC1)C(C(=O)N1CCCC1)(c1ccccc1)c1ccc(O)cc1. The van der Waals surface area contributed by atoms with Crippen molar-refractivity contribution in [1.29, 1.82) is 0 Å². The number of benzene rings is 2. The van der Waals surface area contributed by atoms with Gasteiger partial charge >= 0.3 is 0 Å². The van der Waals surface area contributed by atoms with Gasteiger partial charge in [-0.05, 0) is 42.0 Å². The van der Waals surface area contributed by atoms with Crippen LogP contribution in [0.2, 0.25) is 0 Å². The molecule has 2 aromatic carbocycles. The molecule has 4 rings (SSSR count). The summed E-state index contributed by atoms with van der Waals surface area (Å²) in [6.07, 6.45) is 2.12. The van der Waals surface area contributed by atoms with Gasteiger partial charge in [0.25, 0.3) is 0 Å². The van der Waals surface area contributed by atoms with Crippen LogP contribution in [0.5, 0.6) is 5.75 Å². The van der Waals surface area contributed by atoms with E-state index in [4.69, 9.17) is 4.74 Å². The van der Waals surface area contributed by atoms with Crippen molar-refractivity contribution in [3.63, 3.8) is 0 Å².